The Hall–Kier alpha value is -4.30. The number of hydrogen-bond donors (Lipinski definition) is 3. The number of carbonyl (C=O) groups excluding carboxylic acids is 1. The number of esters is 1. The number of halogens is 3. The van der Waals surface area contributed by atoms with Gasteiger partial charge in [0.1, 0.15) is 0 Å². The summed E-state index contributed by atoms with van der Waals surface area (Å²) in [6.07, 6.45) is -0.0798. The van der Waals surface area contributed by atoms with Crippen LogP contribution in [0.15, 0.2) is 84.9 Å². The van der Waals surface area contributed by atoms with E-state index in [4.69, 9.17) is 49.0 Å². The molecule has 0 aromatic heterocycles. The molecule has 0 aliphatic rings. The maximum absolute atomic E-state index is 13.1. The van der Waals surface area contributed by atoms with Crippen LogP contribution in [0.25, 0.3) is 10.8 Å². The van der Waals surface area contributed by atoms with Crippen molar-refractivity contribution in [1.29, 1.82) is 0 Å². The first kappa shape index (κ1) is 27.3. The van der Waals surface area contributed by atoms with Crippen LogP contribution in [0.1, 0.15) is 5.56 Å². The van der Waals surface area contributed by atoms with Gasteiger partial charge >= 0.3 is 5.97 Å². The lowest BCUT2D eigenvalue weighted by atomic mass is 10.1. The summed E-state index contributed by atoms with van der Waals surface area (Å²) in [6.45, 7) is 0. The van der Waals surface area contributed by atoms with Gasteiger partial charge in [-0.2, -0.15) is 0 Å². The van der Waals surface area contributed by atoms with E-state index >= 15 is 0 Å². The highest BCUT2D eigenvalue weighted by molar-refractivity contribution is 6.32. The smallest absolute Gasteiger partial charge is 0.315 e. The molecule has 5 aromatic rings. The Labute approximate surface area is 243 Å². The molecular weight excluding hydrogens is 579 g/mol. The van der Waals surface area contributed by atoms with Crippen LogP contribution in [0.3, 0.4) is 0 Å². The number of phenolic OH excluding ortho intramolecular Hbond substituents is 3. The minimum absolute atomic E-state index is 0.0798. The molecule has 7 nitrogen and oxygen atoms in total. The Morgan fingerprint density at radius 3 is 1.77 bits per heavy atom. The Balaban J connectivity index is 1.72. The molecule has 0 bridgehead atoms. The van der Waals surface area contributed by atoms with Crippen molar-refractivity contribution in [2.24, 2.45) is 0 Å². The summed E-state index contributed by atoms with van der Waals surface area (Å²) in [5, 5.41) is 33.5. The Bertz CT molecular complexity index is 1740. The van der Waals surface area contributed by atoms with Gasteiger partial charge in [-0.25, -0.2) is 0 Å². The highest BCUT2D eigenvalue weighted by Crippen LogP contribution is 2.55. The van der Waals surface area contributed by atoms with E-state index in [-0.39, 0.29) is 72.5 Å². The number of carbonyl (C=O) groups is 1. The second-order valence-corrected chi connectivity index (χ2v) is 9.90. The minimum atomic E-state index is -0.649. The molecule has 0 radical (unpaired) electrons. The van der Waals surface area contributed by atoms with Crippen molar-refractivity contribution in [1.82, 2.24) is 0 Å². The summed E-state index contributed by atoms with van der Waals surface area (Å²) >= 11 is 18.2. The van der Waals surface area contributed by atoms with Gasteiger partial charge in [0.25, 0.3) is 0 Å². The third-order valence-electron chi connectivity index (χ3n) is 5.78. The predicted octanol–water partition coefficient (Wildman–Crippen LogP) is 8.65. The Morgan fingerprint density at radius 2 is 1.18 bits per heavy atom. The van der Waals surface area contributed by atoms with Crippen LogP contribution >= 0.6 is 34.8 Å². The minimum Gasteiger partial charge on any atom is -0.504 e. The van der Waals surface area contributed by atoms with Crippen molar-refractivity contribution < 1.29 is 34.3 Å². The molecule has 0 aliphatic carbocycles. The van der Waals surface area contributed by atoms with Gasteiger partial charge in [-0.3, -0.25) is 4.79 Å². The SMILES string of the molecule is O=C(Cc1ccccc1)Oc1c(Oc2ccc(Cl)cc2O)c(Oc2ccc(Cl)cc2O)c(O)c2ccc(Cl)cc12. The lowest BCUT2D eigenvalue weighted by Gasteiger charge is -2.20. The summed E-state index contributed by atoms with van der Waals surface area (Å²) in [6, 6.07) is 21.7. The van der Waals surface area contributed by atoms with Gasteiger partial charge in [0.05, 0.1) is 6.42 Å². The quantitative estimate of drug-likeness (QED) is 0.127. The summed E-state index contributed by atoms with van der Waals surface area (Å²) in [7, 11) is 0. The number of rotatable bonds is 7. The van der Waals surface area contributed by atoms with E-state index in [0.717, 1.165) is 0 Å². The highest BCUT2D eigenvalue weighted by atomic mass is 35.5. The first-order valence-corrected chi connectivity index (χ1v) is 12.9. The second-order valence-electron chi connectivity index (χ2n) is 8.59. The largest absolute Gasteiger partial charge is 0.504 e. The summed E-state index contributed by atoms with van der Waals surface area (Å²) in [5.41, 5.74) is 0.703. The van der Waals surface area contributed by atoms with Crippen molar-refractivity contribution in [3.63, 3.8) is 0 Å². The second kappa shape index (κ2) is 11.4. The molecule has 5 aromatic carbocycles. The topological polar surface area (TPSA) is 105 Å². The lowest BCUT2D eigenvalue weighted by Crippen LogP contribution is -2.12. The van der Waals surface area contributed by atoms with Crippen molar-refractivity contribution in [2.75, 3.05) is 0 Å². The van der Waals surface area contributed by atoms with E-state index in [1.54, 1.807) is 24.3 Å². The van der Waals surface area contributed by atoms with E-state index in [9.17, 15) is 20.1 Å². The number of hydrogen-bond acceptors (Lipinski definition) is 7. The molecule has 0 atom stereocenters. The third kappa shape index (κ3) is 5.82. The van der Waals surface area contributed by atoms with Crippen LogP contribution in [0.4, 0.5) is 0 Å². The van der Waals surface area contributed by atoms with Gasteiger partial charge in [-0.05, 0) is 48.0 Å². The van der Waals surface area contributed by atoms with Crippen molar-refractivity contribution in [3.8, 4) is 46.0 Å². The van der Waals surface area contributed by atoms with Gasteiger partial charge in [0, 0.05) is 38.0 Å². The number of aromatic hydroxyl groups is 3. The summed E-state index contributed by atoms with van der Waals surface area (Å²) in [4.78, 5) is 13.1. The maximum atomic E-state index is 13.1. The molecule has 10 heteroatoms. The number of fused-ring (bicyclic) bond motifs is 1. The zero-order chi connectivity index (χ0) is 28.4. The van der Waals surface area contributed by atoms with Crippen molar-refractivity contribution in [3.05, 3.63) is 106 Å². The molecule has 202 valence electrons. The molecule has 0 aliphatic heterocycles. The normalized spacial score (nSPS) is 10.9. The Kier molecular flexibility index (Phi) is 7.80. The lowest BCUT2D eigenvalue weighted by molar-refractivity contribution is -0.133. The van der Waals surface area contributed by atoms with Crippen LogP contribution in [0.2, 0.25) is 15.1 Å². The number of ether oxygens (including phenoxy) is 3. The molecule has 0 unspecified atom stereocenters. The van der Waals surface area contributed by atoms with E-state index in [0.29, 0.717) is 5.56 Å². The molecule has 0 fully saturated rings. The molecule has 0 spiro atoms. The average Bonchev–Trinajstić information content (AvgIpc) is 2.91. The zero-order valence-corrected chi connectivity index (χ0v) is 22.7. The predicted molar refractivity (Wildman–Crippen MR) is 153 cm³/mol. The highest BCUT2D eigenvalue weighted by Gasteiger charge is 2.28. The molecule has 0 amide bonds. The van der Waals surface area contributed by atoms with Gasteiger partial charge < -0.3 is 29.5 Å². The van der Waals surface area contributed by atoms with E-state index in [2.05, 4.69) is 0 Å². The van der Waals surface area contributed by atoms with E-state index in [1.807, 2.05) is 6.07 Å². The first-order chi connectivity index (χ1) is 19.2. The van der Waals surface area contributed by atoms with Gasteiger partial charge in [-0.15, -0.1) is 0 Å². The summed E-state index contributed by atoms with van der Waals surface area (Å²) < 4.78 is 17.8. The fraction of sp³-hybridized carbons (Fsp3) is 0.0333. The molecule has 5 rings (SSSR count). The Morgan fingerprint density at radius 1 is 0.625 bits per heavy atom. The average molecular weight is 598 g/mol. The van der Waals surface area contributed by atoms with Crippen molar-refractivity contribution in [2.45, 2.75) is 6.42 Å². The van der Waals surface area contributed by atoms with Crippen LogP contribution in [-0.2, 0) is 11.2 Å². The van der Waals surface area contributed by atoms with Crippen molar-refractivity contribution >= 4 is 51.5 Å². The van der Waals surface area contributed by atoms with Gasteiger partial charge in [0.2, 0.25) is 11.5 Å². The van der Waals surface area contributed by atoms with Crippen LogP contribution in [-0.4, -0.2) is 21.3 Å². The van der Waals surface area contributed by atoms with E-state index in [1.165, 1.54) is 54.6 Å². The first-order valence-electron chi connectivity index (χ1n) is 11.7. The molecule has 0 saturated carbocycles. The molecule has 3 N–H and O–H groups in total. The fourth-order valence-corrected chi connectivity index (χ4v) is 4.45. The van der Waals surface area contributed by atoms with Crippen LogP contribution in [0.5, 0.6) is 46.0 Å². The van der Waals surface area contributed by atoms with Crippen LogP contribution < -0.4 is 14.2 Å². The van der Waals surface area contributed by atoms with Crippen LogP contribution in [0, 0.1) is 0 Å². The molecule has 0 heterocycles. The molecular formula is C30H19Cl3O7. The van der Waals surface area contributed by atoms with Gasteiger partial charge in [0.15, 0.2) is 34.5 Å². The maximum Gasteiger partial charge on any atom is 0.315 e. The zero-order valence-electron chi connectivity index (χ0n) is 20.4. The monoisotopic (exact) mass is 596 g/mol. The van der Waals surface area contributed by atoms with E-state index < -0.39 is 11.7 Å². The molecule has 0 saturated heterocycles. The standard InChI is InChI=1S/C30H19Cl3O7/c31-17-6-9-20-21(13-17)28(40-26(36)12-16-4-2-1-3-5-16)30(39-25-11-8-19(33)15-23(25)35)29(27(20)37)38-24-10-7-18(32)14-22(24)34/h1-11,13-15,34-35,37H,12H2. The summed E-state index contributed by atoms with van der Waals surface area (Å²) in [5.74, 6) is -2.63. The number of benzene rings is 5. The fourth-order valence-electron chi connectivity index (χ4n) is 3.94. The molecule has 40 heavy (non-hydrogen) atoms. The third-order valence-corrected chi connectivity index (χ3v) is 6.49. The van der Waals surface area contributed by atoms with Gasteiger partial charge in [-0.1, -0.05) is 65.1 Å². The number of phenols is 3.